The SMILES string of the molecule is C1CCC(CNC2CCC(NCC3CCCCC3)CC2)CC1.CC(=O)O.CC(=O)O. The lowest BCUT2D eigenvalue weighted by Crippen LogP contribution is -2.42. The van der Waals surface area contributed by atoms with Gasteiger partial charge in [0.15, 0.2) is 0 Å². The summed E-state index contributed by atoms with van der Waals surface area (Å²) in [6.07, 6.45) is 20.4. The van der Waals surface area contributed by atoms with Crippen LogP contribution in [0.1, 0.15) is 104 Å². The number of carboxylic acids is 2. The molecule has 4 N–H and O–H groups in total. The summed E-state index contributed by atoms with van der Waals surface area (Å²) in [4.78, 5) is 18.0. The zero-order valence-corrected chi connectivity index (χ0v) is 19.3. The van der Waals surface area contributed by atoms with Crippen LogP contribution in [0.4, 0.5) is 0 Å². The van der Waals surface area contributed by atoms with Crippen molar-refractivity contribution in [2.24, 2.45) is 11.8 Å². The van der Waals surface area contributed by atoms with Gasteiger partial charge >= 0.3 is 0 Å². The van der Waals surface area contributed by atoms with E-state index < -0.39 is 11.9 Å². The molecule has 0 radical (unpaired) electrons. The minimum absolute atomic E-state index is 0.814. The number of carbonyl (C=O) groups is 2. The van der Waals surface area contributed by atoms with E-state index in [0.717, 1.165) is 37.8 Å². The molecule has 0 aromatic carbocycles. The quantitative estimate of drug-likeness (QED) is 0.486. The van der Waals surface area contributed by atoms with Crippen molar-refractivity contribution >= 4 is 11.9 Å². The zero-order valence-electron chi connectivity index (χ0n) is 19.3. The third-order valence-corrected chi connectivity index (χ3v) is 6.57. The molecule has 176 valence electrons. The Hall–Kier alpha value is -1.14. The average molecular weight is 427 g/mol. The second kappa shape index (κ2) is 16.5. The van der Waals surface area contributed by atoms with Crippen LogP contribution >= 0.6 is 0 Å². The van der Waals surface area contributed by atoms with Gasteiger partial charge in [-0.3, -0.25) is 9.59 Å². The van der Waals surface area contributed by atoms with Crippen molar-refractivity contribution in [2.75, 3.05) is 13.1 Å². The third-order valence-electron chi connectivity index (χ3n) is 6.57. The Morgan fingerprint density at radius 3 is 1.13 bits per heavy atom. The predicted octanol–water partition coefficient (Wildman–Crippen LogP) is 4.82. The molecule has 0 spiro atoms. The van der Waals surface area contributed by atoms with Gasteiger partial charge in [-0.2, -0.15) is 0 Å². The minimum atomic E-state index is -0.833. The van der Waals surface area contributed by atoms with Gasteiger partial charge in [-0.1, -0.05) is 38.5 Å². The molecule has 0 saturated heterocycles. The van der Waals surface area contributed by atoms with Crippen LogP contribution in [0.25, 0.3) is 0 Å². The van der Waals surface area contributed by atoms with Crippen LogP contribution in [0, 0.1) is 11.8 Å². The largest absolute Gasteiger partial charge is 0.481 e. The highest BCUT2D eigenvalue weighted by atomic mass is 16.4. The van der Waals surface area contributed by atoms with E-state index in [0.29, 0.717) is 0 Å². The fraction of sp³-hybridized carbons (Fsp3) is 0.917. The van der Waals surface area contributed by atoms with Crippen molar-refractivity contribution in [3.8, 4) is 0 Å². The lowest BCUT2D eigenvalue weighted by molar-refractivity contribution is -0.135. The molecular weight excluding hydrogens is 380 g/mol. The Kier molecular flexibility index (Phi) is 14.8. The first kappa shape index (κ1) is 26.9. The summed E-state index contributed by atoms with van der Waals surface area (Å²) in [7, 11) is 0. The van der Waals surface area contributed by atoms with Gasteiger partial charge in [-0.25, -0.2) is 0 Å². The molecule has 6 nitrogen and oxygen atoms in total. The van der Waals surface area contributed by atoms with E-state index >= 15 is 0 Å². The average Bonchev–Trinajstić information content (AvgIpc) is 2.72. The maximum atomic E-state index is 9.00. The maximum absolute atomic E-state index is 9.00. The number of nitrogens with one attached hydrogen (secondary N) is 2. The van der Waals surface area contributed by atoms with Gasteiger partial charge in [-0.05, 0) is 76.3 Å². The second-order valence-electron chi connectivity index (χ2n) is 9.41. The van der Waals surface area contributed by atoms with Gasteiger partial charge in [0.25, 0.3) is 11.9 Å². The number of aliphatic carboxylic acids is 2. The van der Waals surface area contributed by atoms with Crippen molar-refractivity contribution in [1.82, 2.24) is 10.6 Å². The van der Waals surface area contributed by atoms with Crippen LogP contribution in [-0.2, 0) is 9.59 Å². The molecule has 0 unspecified atom stereocenters. The summed E-state index contributed by atoms with van der Waals surface area (Å²) in [6, 6.07) is 1.63. The first-order valence-corrected chi connectivity index (χ1v) is 12.2. The highest BCUT2D eigenvalue weighted by Gasteiger charge is 2.23. The van der Waals surface area contributed by atoms with Crippen LogP contribution in [-0.4, -0.2) is 47.3 Å². The topological polar surface area (TPSA) is 98.7 Å². The predicted molar refractivity (Wildman–Crippen MR) is 122 cm³/mol. The molecule has 30 heavy (non-hydrogen) atoms. The zero-order chi connectivity index (χ0) is 22.2. The summed E-state index contributed by atoms with van der Waals surface area (Å²) >= 11 is 0. The number of carboxylic acid groups (broad SMARTS) is 2. The summed E-state index contributed by atoms with van der Waals surface area (Å²) in [6.45, 7) is 4.76. The van der Waals surface area contributed by atoms with Crippen molar-refractivity contribution in [2.45, 2.75) is 116 Å². The van der Waals surface area contributed by atoms with E-state index in [9.17, 15) is 0 Å². The second-order valence-corrected chi connectivity index (χ2v) is 9.41. The Morgan fingerprint density at radius 2 is 0.867 bits per heavy atom. The van der Waals surface area contributed by atoms with E-state index in [4.69, 9.17) is 19.8 Å². The molecule has 0 atom stereocenters. The third kappa shape index (κ3) is 14.8. The fourth-order valence-electron chi connectivity index (χ4n) is 4.95. The van der Waals surface area contributed by atoms with Crippen LogP contribution in [0.15, 0.2) is 0 Å². The highest BCUT2D eigenvalue weighted by Crippen LogP contribution is 2.26. The highest BCUT2D eigenvalue weighted by molar-refractivity contribution is 5.63. The molecule has 3 rings (SSSR count). The minimum Gasteiger partial charge on any atom is -0.481 e. The molecular formula is C24H46N2O4. The molecule has 3 aliphatic carbocycles. The molecule has 0 aromatic rings. The molecule has 3 saturated carbocycles. The molecule has 0 heterocycles. The Labute approximate surface area is 183 Å². The summed E-state index contributed by atoms with van der Waals surface area (Å²) < 4.78 is 0. The van der Waals surface area contributed by atoms with Crippen LogP contribution in [0.2, 0.25) is 0 Å². The molecule has 6 heteroatoms. The van der Waals surface area contributed by atoms with E-state index in [-0.39, 0.29) is 0 Å². The van der Waals surface area contributed by atoms with Crippen molar-refractivity contribution in [3.63, 3.8) is 0 Å². The van der Waals surface area contributed by atoms with Crippen LogP contribution in [0.5, 0.6) is 0 Å². The normalized spacial score (nSPS) is 25.3. The van der Waals surface area contributed by atoms with Gasteiger partial charge < -0.3 is 20.8 Å². The first-order chi connectivity index (χ1) is 14.4. The number of hydrogen-bond acceptors (Lipinski definition) is 4. The van der Waals surface area contributed by atoms with Gasteiger partial charge in [0.05, 0.1) is 0 Å². The van der Waals surface area contributed by atoms with Crippen LogP contribution in [0.3, 0.4) is 0 Å². The molecule has 0 aliphatic heterocycles. The summed E-state index contributed by atoms with van der Waals surface area (Å²) in [5.41, 5.74) is 0. The van der Waals surface area contributed by atoms with Gasteiger partial charge in [0.1, 0.15) is 0 Å². The first-order valence-electron chi connectivity index (χ1n) is 12.2. The summed E-state index contributed by atoms with van der Waals surface area (Å²) in [5, 5.41) is 22.6. The van der Waals surface area contributed by atoms with Gasteiger partial charge in [0.2, 0.25) is 0 Å². The van der Waals surface area contributed by atoms with E-state index in [1.807, 2.05) is 0 Å². The van der Waals surface area contributed by atoms with Crippen LogP contribution < -0.4 is 10.6 Å². The molecule has 0 aromatic heterocycles. The standard InChI is InChI=1S/C20H38N2.2C2H4O2/c1-3-7-17(8-4-1)15-21-19-11-13-20(14-12-19)22-16-18-9-5-2-6-10-18;2*1-2(3)4/h17-22H,1-16H2;2*1H3,(H,3,4). The van der Waals surface area contributed by atoms with Gasteiger partial charge in [-0.15, -0.1) is 0 Å². The van der Waals surface area contributed by atoms with Gasteiger partial charge in [0, 0.05) is 25.9 Å². The van der Waals surface area contributed by atoms with Crippen molar-refractivity contribution < 1.29 is 19.8 Å². The lowest BCUT2D eigenvalue weighted by atomic mass is 9.86. The Bertz CT molecular complexity index is 402. The van der Waals surface area contributed by atoms with E-state index in [1.54, 1.807) is 0 Å². The fourth-order valence-corrected chi connectivity index (χ4v) is 4.95. The van der Waals surface area contributed by atoms with E-state index in [1.165, 1.54) is 103 Å². The van der Waals surface area contributed by atoms with Crippen molar-refractivity contribution in [3.05, 3.63) is 0 Å². The van der Waals surface area contributed by atoms with E-state index in [2.05, 4.69) is 10.6 Å². The smallest absolute Gasteiger partial charge is 0.300 e. The maximum Gasteiger partial charge on any atom is 0.300 e. The lowest BCUT2D eigenvalue weighted by Gasteiger charge is -2.33. The summed E-state index contributed by atoms with van der Waals surface area (Å²) in [5.74, 6) is 0.298. The molecule has 0 bridgehead atoms. The number of hydrogen-bond donors (Lipinski definition) is 4. The Morgan fingerprint density at radius 1 is 0.600 bits per heavy atom. The van der Waals surface area contributed by atoms with Crippen molar-refractivity contribution in [1.29, 1.82) is 0 Å². The monoisotopic (exact) mass is 426 g/mol. The Balaban J connectivity index is 0.000000485. The molecule has 3 fully saturated rings. The molecule has 3 aliphatic rings. The number of rotatable bonds is 6. The molecule has 0 amide bonds.